The van der Waals surface area contributed by atoms with E-state index < -0.39 is 11.5 Å². The Kier molecular flexibility index (Phi) is 6.60. The average molecular weight is 336 g/mol. The topological polar surface area (TPSA) is 144 Å². The van der Waals surface area contributed by atoms with E-state index in [0.717, 1.165) is 12.0 Å². The van der Waals surface area contributed by atoms with E-state index in [-0.39, 0.29) is 28.9 Å². The van der Waals surface area contributed by atoms with Gasteiger partial charge in [-0.25, -0.2) is 0 Å². The first-order valence-corrected chi connectivity index (χ1v) is 7.99. The van der Waals surface area contributed by atoms with E-state index in [9.17, 15) is 14.7 Å². The van der Waals surface area contributed by atoms with Gasteiger partial charge in [-0.2, -0.15) is 0 Å². The van der Waals surface area contributed by atoms with Crippen molar-refractivity contribution in [2.24, 2.45) is 16.9 Å². The number of rotatable bonds is 7. The molecule has 0 fully saturated rings. The van der Waals surface area contributed by atoms with E-state index in [0.29, 0.717) is 19.3 Å². The van der Waals surface area contributed by atoms with E-state index in [1.807, 2.05) is 20.8 Å². The molecular formula is C17H28N4O3. The van der Waals surface area contributed by atoms with Crippen LogP contribution < -0.4 is 22.5 Å². The highest BCUT2D eigenvalue weighted by atomic mass is 16.3. The minimum atomic E-state index is -0.716. The van der Waals surface area contributed by atoms with Crippen molar-refractivity contribution in [2.45, 2.75) is 52.5 Å². The van der Waals surface area contributed by atoms with Crippen molar-refractivity contribution in [3.63, 3.8) is 0 Å². The van der Waals surface area contributed by atoms with Crippen LogP contribution in [0.1, 0.15) is 45.6 Å². The fourth-order valence-corrected chi connectivity index (χ4v) is 2.19. The third kappa shape index (κ3) is 5.42. The van der Waals surface area contributed by atoms with E-state index in [1.165, 1.54) is 0 Å². The molecule has 0 aliphatic rings. The Morgan fingerprint density at radius 2 is 1.88 bits per heavy atom. The zero-order chi connectivity index (χ0) is 18.5. The molecular weight excluding hydrogens is 308 g/mol. The highest BCUT2D eigenvalue weighted by Crippen LogP contribution is 2.34. The molecule has 24 heavy (non-hydrogen) atoms. The number of carbonyl (C=O) groups excluding carboxylic acids is 2. The van der Waals surface area contributed by atoms with Crippen LogP contribution in [-0.4, -0.2) is 23.0 Å². The molecule has 1 aromatic rings. The molecule has 0 aliphatic heterocycles. The monoisotopic (exact) mass is 336 g/mol. The van der Waals surface area contributed by atoms with Gasteiger partial charge in [0.1, 0.15) is 0 Å². The second kappa shape index (κ2) is 8.01. The van der Waals surface area contributed by atoms with Gasteiger partial charge in [0.25, 0.3) is 0 Å². The lowest BCUT2D eigenvalue weighted by atomic mass is 9.87. The van der Waals surface area contributed by atoms with Crippen LogP contribution in [0.2, 0.25) is 0 Å². The third-order valence-corrected chi connectivity index (χ3v) is 3.90. The van der Waals surface area contributed by atoms with Gasteiger partial charge in [0, 0.05) is 6.42 Å². The molecule has 0 heterocycles. The van der Waals surface area contributed by atoms with Crippen LogP contribution in [0.4, 0.5) is 11.4 Å². The van der Waals surface area contributed by atoms with Crippen LogP contribution in [0.15, 0.2) is 12.1 Å². The number of aryl methyl sites for hydroxylation is 1. The lowest BCUT2D eigenvalue weighted by molar-refractivity contribution is -0.119. The van der Waals surface area contributed by atoms with Crippen LogP contribution in [0, 0.1) is 5.41 Å². The van der Waals surface area contributed by atoms with Gasteiger partial charge in [-0.1, -0.05) is 26.8 Å². The van der Waals surface area contributed by atoms with E-state index in [4.69, 9.17) is 17.2 Å². The Hall–Kier alpha value is -2.28. The number of carbonyl (C=O) groups is 2. The van der Waals surface area contributed by atoms with E-state index in [1.54, 1.807) is 12.1 Å². The van der Waals surface area contributed by atoms with Crippen LogP contribution in [0.3, 0.4) is 0 Å². The number of unbranched alkanes of at least 4 members (excludes halogenated alkanes) is 1. The number of phenolic OH excluding ortho intramolecular Hbond substituents is 1. The number of primary amides is 1. The van der Waals surface area contributed by atoms with Gasteiger partial charge in [0.05, 0.1) is 17.4 Å². The number of phenols is 1. The zero-order valence-electron chi connectivity index (χ0n) is 14.6. The summed E-state index contributed by atoms with van der Waals surface area (Å²) in [6.07, 6.45) is 2.33. The van der Waals surface area contributed by atoms with Gasteiger partial charge < -0.3 is 27.6 Å². The largest absolute Gasteiger partial charge is 0.504 e. The maximum atomic E-state index is 12.2. The summed E-state index contributed by atoms with van der Waals surface area (Å²) in [4.78, 5) is 22.9. The number of anilines is 2. The SMILES string of the molecule is CC(C)(C)[C@H](N)C(=O)Nc1ccc(CCCCC(N)=O)c(N)c1O. The molecule has 1 aromatic carbocycles. The van der Waals surface area contributed by atoms with Crippen molar-refractivity contribution in [2.75, 3.05) is 11.1 Å². The Morgan fingerprint density at radius 1 is 1.25 bits per heavy atom. The van der Waals surface area contributed by atoms with Crippen LogP contribution in [0.25, 0.3) is 0 Å². The summed E-state index contributed by atoms with van der Waals surface area (Å²) >= 11 is 0. The summed E-state index contributed by atoms with van der Waals surface area (Å²) in [6.45, 7) is 5.59. The lowest BCUT2D eigenvalue weighted by Crippen LogP contribution is -2.45. The molecule has 0 saturated carbocycles. The van der Waals surface area contributed by atoms with Gasteiger partial charge in [0.15, 0.2) is 5.75 Å². The Balaban J connectivity index is 2.77. The molecule has 7 nitrogen and oxygen atoms in total. The van der Waals surface area contributed by atoms with Crippen molar-refractivity contribution in [1.82, 2.24) is 0 Å². The van der Waals surface area contributed by atoms with Gasteiger partial charge in [-0.05, 0) is 36.3 Å². The molecule has 0 spiro atoms. The first-order valence-electron chi connectivity index (χ1n) is 7.99. The van der Waals surface area contributed by atoms with Gasteiger partial charge >= 0.3 is 0 Å². The second-order valence-corrected chi connectivity index (χ2v) is 7.04. The Labute approximate surface area is 142 Å². The molecule has 1 atom stereocenters. The maximum Gasteiger partial charge on any atom is 0.241 e. The quantitative estimate of drug-likeness (QED) is 0.291. The normalized spacial score (nSPS) is 12.7. The van der Waals surface area contributed by atoms with Crippen molar-refractivity contribution in [3.05, 3.63) is 17.7 Å². The number of nitrogens with one attached hydrogen (secondary N) is 1. The molecule has 0 bridgehead atoms. The van der Waals surface area contributed by atoms with Crippen molar-refractivity contribution < 1.29 is 14.7 Å². The van der Waals surface area contributed by atoms with Gasteiger partial charge in [0.2, 0.25) is 11.8 Å². The fraction of sp³-hybridized carbons (Fsp3) is 0.529. The predicted molar refractivity (Wildman–Crippen MR) is 95.3 cm³/mol. The number of benzene rings is 1. The van der Waals surface area contributed by atoms with Gasteiger partial charge in [-0.3, -0.25) is 9.59 Å². The minimum absolute atomic E-state index is 0.170. The molecule has 0 aromatic heterocycles. The summed E-state index contributed by atoms with van der Waals surface area (Å²) in [5.74, 6) is -0.887. The van der Waals surface area contributed by atoms with E-state index >= 15 is 0 Å². The summed E-state index contributed by atoms with van der Waals surface area (Å²) in [7, 11) is 0. The zero-order valence-corrected chi connectivity index (χ0v) is 14.6. The standard InChI is InChI=1S/C17H28N4O3/c1-17(2,3)15(20)16(24)21-11-9-8-10(13(19)14(11)23)6-4-5-7-12(18)22/h8-9,15,23H,4-7,19-20H2,1-3H3,(H2,18,22)(H,21,24)/t15-/m1/s1. The number of nitrogen functional groups attached to an aromatic ring is 1. The van der Waals surface area contributed by atoms with Crippen molar-refractivity contribution in [3.8, 4) is 5.75 Å². The molecule has 134 valence electrons. The minimum Gasteiger partial charge on any atom is -0.504 e. The number of nitrogens with two attached hydrogens (primary N) is 3. The van der Waals surface area contributed by atoms with Crippen LogP contribution in [0.5, 0.6) is 5.75 Å². The highest BCUT2D eigenvalue weighted by molar-refractivity contribution is 5.97. The summed E-state index contributed by atoms with van der Waals surface area (Å²) < 4.78 is 0. The van der Waals surface area contributed by atoms with Gasteiger partial charge in [-0.15, -0.1) is 0 Å². The summed E-state index contributed by atoms with van der Waals surface area (Å²) in [5, 5.41) is 12.8. The number of hydrogen-bond donors (Lipinski definition) is 5. The third-order valence-electron chi connectivity index (χ3n) is 3.90. The average Bonchev–Trinajstić information content (AvgIpc) is 2.48. The fourth-order valence-electron chi connectivity index (χ4n) is 2.19. The molecule has 0 radical (unpaired) electrons. The maximum absolute atomic E-state index is 12.2. The second-order valence-electron chi connectivity index (χ2n) is 7.04. The number of hydrogen-bond acceptors (Lipinski definition) is 5. The molecule has 7 heteroatoms. The predicted octanol–water partition coefficient (Wildman–Crippen LogP) is 1.48. The first-order chi connectivity index (χ1) is 11.0. The lowest BCUT2D eigenvalue weighted by Gasteiger charge is -2.26. The Morgan fingerprint density at radius 3 is 2.42 bits per heavy atom. The molecule has 8 N–H and O–H groups in total. The van der Waals surface area contributed by atoms with Crippen LogP contribution >= 0.6 is 0 Å². The van der Waals surface area contributed by atoms with Crippen LogP contribution in [-0.2, 0) is 16.0 Å². The smallest absolute Gasteiger partial charge is 0.241 e. The summed E-state index contributed by atoms with van der Waals surface area (Å²) in [5.41, 5.74) is 17.7. The highest BCUT2D eigenvalue weighted by Gasteiger charge is 2.28. The van der Waals surface area contributed by atoms with Crippen molar-refractivity contribution in [1.29, 1.82) is 0 Å². The molecule has 0 unspecified atom stereocenters. The molecule has 1 rings (SSSR count). The Bertz CT molecular complexity index is 609. The summed E-state index contributed by atoms with van der Waals surface area (Å²) in [6, 6.07) is 2.63. The number of amides is 2. The molecule has 0 aliphatic carbocycles. The van der Waals surface area contributed by atoms with E-state index in [2.05, 4.69) is 5.32 Å². The first kappa shape index (κ1) is 19.8. The number of aromatic hydroxyl groups is 1. The van der Waals surface area contributed by atoms with Crippen molar-refractivity contribution >= 4 is 23.2 Å². The molecule has 2 amide bonds. The molecule has 0 saturated heterocycles.